The Kier molecular flexibility index (Phi) is 3.84. The van der Waals surface area contributed by atoms with Gasteiger partial charge in [-0.15, -0.1) is 0 Å². The van der Waals surface area contributed by atoms with Crippen molar-refractivity contribution in [3.05, 3.63) is 17.5 Å². The van der Waals surface area contributed by atoms with Crippen molar-refractivity contribution >= 4 is 0 Å². The van der Waals surface area contributed by atoms with Crippen LogP contribution in [0.3, 0.4) is 0 Å². The van der Waals surface area contributed by atoms with E-state index in [0.717, 1.165) is 12.5 Å². The fourth-order valence-corrected chi connectivity index (χ4v) is 2.62. The van der Waals surface area contributed by atoms with Crippen LogP contribution in [0.4, 0.5) is 0 Å². The van der Waals surface area contributed by atoms with Gasteiger partial charge in [-0.3, -0.25) is 4.68 Å². The van der Waals surface area contributed by atoms with Crippen LogP contribution in [-0.4, -0.2) is 40.9 Å². The molecule has 0 aliphatic carbocycles. The molecule has 0 amide bonds. The number of piperidine rings is 1. The van der Waals surface area contributed by atoms with Gasteiger partial charge in [0.15, 0.2) is 0 Å². The van der Waals surface area contributed by atoms with Crippen molar-refractivity contribution in [2.45, 2.75) is 32.9 Å². The van der Waals surface area contributed by atoms with Crippen molar-refractivity contribution < 1.29 is 0 Å². The first-order valence-corrected chi connectivity index (χ1v) is 6.47. The molecule has 2 heterocycles. The molecule has 1 aromatic heterocycles. The first-order chi connectivity index (χ1) is 8.08. The lowest BCUT2D eigenvalue weighted by atomic mass is 9.94. The smallest absolute Gasteiger partial charge is 0.0537 e. The van der Waals surface area contributed by atoms with E-state index in [2.05, 4.69) is 36.2 Å². The summed E-state index contributed by atoms with van der Waals surface area (Å²) in [7, 11) is 4.20. The minimum atomic E-state index is 0.644. The van der Waals surface area contributed by atoms with Gasteiger partial charge in [0, 0.05) is 37.4 Å². The SMILES string of the molecule is Cc1c(CNC2CCN(C)CC2C)cnn1C. The van der Waals surface area contributed by atoms with Gasteiger partial charge in [-0.25, -0.2) is 0 Å². The van der Waals surface area contributed by atoms with Gasteiger partial charge in [-0.2, -0.15) is 5.10 Å². The standard InChI is InChI=1S/C13H24N4/c1-10-9-16(3)6-5-13(10)14-7-12-8-15-17(4)11(12)2/h8,10,13-14H,5-7,9H2,1-4H3. The summed E-state index contributed by atoms with van der Waals surface area (Å²) in [4.78, 5) is 2.41. The zero-order valence-corrected chi connectivity index (χ0v) is 11.4. The maximum absolute atomic E-state index is 4.28. The van der Waals surface area contributed by atoms with Crippen molar-refractivity contribution in [3.63, 3.8) is 0 Å². The number of aromatic nitrogens is 2. The van der Waals surface area contributed by atoms with Crippen LogP contribution in [0.2, 0.25) is 0 Å². The summed E-state index contributed by atoms with van der Waals surface area (Å²) < 4.78 is 1.94. The molecule has 0 aromatic carbocycles. The third kappa shape index (κ3) is 2.87. The monoisotopic (exact) mass is 236 g/mol. The highest BCUT2D eigenvalue weighted by Crippen LogP contribution is 2.16. The molecule has 2 unspecified atom stereocenters. The third-order valence-corrected chi connectivity index (χ3v) is 4.00. The van der Waals surface area contributed by atoms with Crippen molar-refractivity contribution in [1.29, 1.82) is 0 Å². The van der Waals surface area contributed by atoms with Gasteiger partial charge in [-0.1, -0.05) is 6.92 Å². The van der Waals surface area contributed by atoms with E-state index in [1.807, 2.05) is 17.9 Å². The zero-order chi connectivity index (χ0) is 12.4. The third-order valence-electron chi connectivity index (χ3n) is 4.00. The minimum Gasteiger partial charge on any atom is -0.309 e. The lowest BCUT2D eigenvalue weighted by molar-refractivity contribution is 0.174. The molecule has 0 saturated carbocycles. The Balaban J connectivity index is 1.88. The van der Waals surface area contributed by atoms with Crippen molar-refractivity contribution in [1.82, 2.24) is 20.0 Å². The number of nitrogens with one attached hydrogen (secondary N) is 1. The number of nitrogens with zero attached hydrogens (tertiary/aromatic N) is 3. The van der Waals surface area contributed by atoms with E-state index in [4.69, 9.17) is 0 Å². The van der Waals surface area contributed by atoms with Crippen LogP contribution in [0.25, 0.3) is 0 Å². The Morgan fingerprint density at radius 1 is 1.47 bits per heavy atom. The lowest BCUT2D eigenvalue weighted by Crippen LogP contribution is -2.46. The molecule has 4 nitrogen and oxygen atoms in total. The van der Waals surface area contributed by atoms with E-state index >= 15 is 0 Å². The van der Waals surface area contributed by atoms with Gasteiger partial charge in [0.05, 0.1) is 6.20 Å². The quantitative estimate of drug-likeness (QED) is 0.855. The molecular formula is C13H24N4. The van der Waals surface area contributed by atoms with E-state index in [1.54, 1.807) is 0 Å². The van der Waals surface area contributed by atoms with Crippen LogP contribution < -0.4 is 5.32 Å². The second-order valence-corrected chi connectivity index (χ2v) is 5.39. The predicted molar refractivity (Wildman–Crippen MR) is 69.9 cm³/mol. The largest absolute Gasteiger partial charge is 0.309 e. The normalized spacial score (nSPS) is 26.4. The summed E-state index contributed by atoms with van der Waals surface area (Å²) in [5.74, 6) is 0.728. The van der Waals surface area contributed by atoms with Gasteiger partial charge in [0.1, 0.15) is 0 Å². The minimum absolute atomic E-state index is 0.644. The molecule has 17 heavy (non-hydrogen) atoms. The number of likely N-dealkylation sites (tertiary alicyclic amines) is 1. The van der Waals surface area contributed by atoms with E-state index in [-0.39, 0.29) is 0 Å². The van der Waals surface area contributed by atoms with E-state index in [9.17, 15) is 0 Å². The van der Waals surface area contributed by atoms with E-state index in [0.29, 0.717) is 6.04 Å². The summed E-state index contributed by atoms with van der Waals surface area (Å²) in [5, 5.41) is 7.96. The summed E-state index contributed by atoms with van der Waals surface area (Å²) in [6.07, 6.45) is 3.22. The molecule has 1 saturated heterocycles. The first kappa shape index (κ1) is 12.6. The number of hydrogen-bond acceptors (Lipinski definition) is 3. The molecule has 2 atom stereocenters. The topological polar surface area (TPSA) is 33.1 Å². The molecule has 1 fully saturated rings. The van der Waals surface area contributed by atoms with Crippen LogP contribution in [0, 0.1) is 12.8 Å². The Morgan fingerprint density at radius 3 is 2.82 bits per heavy atom. The molecule has 1 aliphatic rings. The molecule has 1 aliphatic heterocycles. The van der Waals surface area contributed by atoms with Crippen molar-refractivity contribution in [2.24, 2.45) is 13.0 Å². The fourth-order valence-electron chi connectivity index (χ4n) is 2.62. The molecule has 1 aromatic rings. The highest BCUT2D eigenvalue weighted by atomic mass is 15.3. The average Bonchev–Trinajstić information content (AvgIpc) is 2.59. The molecule has 0 bridgehead atoms. The average molecular weight is 236 g/mol. The van der Waals surface area contributed by atoms with Gasteiger partial charge in [0.2, 0.25) is 0 Å². The first-order valence-electron chi connectivity index (χ1n) is 6.47. The zero-order valence-electron chi connectivity index (χ0n) is 11.4. The Labute approximate surface area is 104 Å². The fraction of sp³-hybridized carbons (Fsp3) is 0.769. The summed E-state index contributed by atoms with van der Waals surface area (Å²) in [6, 6.07) is 0.644. The highest BCUT2D eigenvalue weighted by Gasteiger charge is 2.23. The second-order valence-electron chi connectivity index (χ2n) is 5.39. The number of hydrogen-bond donors (Lipinski definition) is 1. The van der Waals surface area contributed by atoms with Gasteiger partial charge >= 0.3 is 0 Å². The molecule has 96 valence electrons. The van der Waals surface area contributed by atoms with Crippen LogP contribution >= 0.6 is 0 Å². The summed E-state index contributed by atoms with van der Waals surface area (Å²) >= 11 is 0. The molecule has 4 heteroatoms. The molecule has 2 rings (SSSR count). The van der Waals surface area contributed by atoms with Crippen LogP contribution in [-0.2, 0) is 13.6 Å². The van der Waals surface area contributed by atoms with E-state index < -0.39 is 0 Å². The highest BCUT2D eigenvalue weighted by molar-refractivity contribution is 5.15. The predicted octanol–water partition coefficient (Wildman–Crippen LogP) is 1.16. The molecule has 1 N–H and O–H groups in total. The van der Waals surface area contributed by atoms with Gasteiger partial charge in [-0.05, 0) is 32.9 Å². The molecular weight excluding hydrogens is 212 g/mol. The Bertz CT molecular complexity index is 371. The maximum Gasteiger partial charge on any atom is 0.0537 e. The summed E-state index contributed by atoms with van der Waals surface area (Å²) in [5.41, 5.74) is 2.58. The van der Waals surface area contributed by atoms with Gasteiger partial charge < -0.3 is 10.2 Å². The summed E-state index contributed by atoms with van der Waals surface area (Å²) in [6.45, 7) is 7.81. The Hall–Kier alpha value is -0.870. The number of rotatable bonds is 3. The lowest BCUT2D eigenvalue weighted by Gasteiger charge is -2.35. The van der Waals surface area contributed by atoms with Crippen molar-refractivity contribution in [2.75, 3.05) is 20.1 Å². The number of aryl methyl sites for hydroxylation is 1. The molecule has 0 radical (unpaired) electrons. The van der Waals surface area contributed by atoms with Crippen LogP contribution in [0.1, 0.15) is 24.6 Å². The second kappa shape index (κ2) is 5.19. The van der Waals surface area contributed by atoms with Crippen molar-refractivity contribution in [3.8, 4) is 0 Å². The molecule has 0 spiro atoms. The van der Waals surface area contributed by atoms with Gasteiger partial charge in [0.25, 0.3) is 0 Å². The van der Waals surface area contributed by atoms with Crippen LogP contribution in [0.15, 0.2) is 6.20 Å². The maximum atomic E-state index is 4.28. The Morgan fingerprint density at radius 2 is 2.24 bits per heavy atom. The van der Waals surface area contributed by atoms with Crippen LogP contribution in [0.5, 0.6) is 0 Å². The van der Waals surface area contributed by atoms with E-state index in [1.165, 1.54) is 30.8 Å².